The van der Waals surface area contributed by atoms with E-state index in [0.717, 1.165) is 18.4 Å². The molecule has 1 aliphatic rings. The number of anilines is 1. The number of rotatable bonds is 5. The predicted octanol–water partition coefficient (Wildman–Crippen LogP) is 2.48. The Morgan fingerprint density at radius 1 is 1.31 bits per heavy atom. The normalized spacial score (nSPS) is 17.7. The van der Waals surface area contributed by atoms with Crippen LogP contribution in [-0.2, 0) is 9.84 Å². The molecule has 144 valence electrons. The van der Waals surface area contributed by atoms with Crippen molar-refractivity contribution in [3.8, 4) is 5.75 Å². The highest BCUT2D eigenvalue weighted by Gasteiger charge is 2.38. The highest BCUT2D eigenvalue weighted by molar-refractivity contribution is 7.93. The van der Waals surface area contributed by atoms with Crippen LogP contribution in [0.4, 0.5) is 10.5 Å². The second-order valence-electron chi connectivity index (χ2n) is 7.21. The molecule has 4 N–H and O–H groups in total. The number of aryl methyl sites for hydroxylation is 1. The maximum Gasteiger partial charge on any atom is 0.319 e. The molecule has 7 nitrogen and oxygen atoms in total. The van der Waals surface area contributed by atoms with Crippen LogP contribution in [0.25, 0.3) is 0 Å². The first-order valence-corrected chi connectivity index (χ1v) is 9.92. The number of hydrogen-bond donors (Lipinski definition) is 4. The third kappa shape index (κ3) is 3.71. The molecule has 8 heteroatoms. The van der Waals surface area contributed by atoms with Gasteiger partial charge in [0.25, 0.3) is 0 Å². The fraction of sp³-hybridized carbons (Fsp3) is 0.500. The summed E-state index contributed by atoms with van der Waals surface area (Å²) in [6.45, 7) is 5.64. The van der Waals surface area contributed by atoms with Gasteiger partial charge in [-0.2, -0.15) is 0 Å². The molecule has 2 amide bonds. The lowest BCUT2D eigenvalue weighted by Crippen LogP contribution is -2.38. The summed E-state index contributed by atoms with van der Waals surface area (Å²) in [5.74, 6) is -0.527. The number of phenols is 1. The zero-order valence-corrected chi connectivity index (χ0v) is 16.3. The van der Waals surface area contributed by atoms with Crippen LogP contribution >= 0.6 is 0 Å². The van der Waals surface area contributed by atoms with Gasteiger partial charge >= 0.3 is 6.03 Å². The number of aliphatic hydroxyl groups is 1. The molecule has 0 bridgehead atoms. The zero-order valence-electron chi connectivity index (χ0n) is 15.5. The van der Waals surface area contributed by atoms with Crippen LogP contribution in [0, 0.1) is 6.92 Å². The Morgan fingerprint density at radius 2 is 1.96 bits per heavy atom. The molecule has 1 aliphatic carbocycles. The third-order valence-corrected chi connectivity index (χ3v) is 7.37. The highest BCUT2D eigenvalue weighted by atomic mass is 32.2. The molecule has 2 rings (SSSR count). The Kier molecular flexibility index (Phi) is 5.67. The van der Waals surface area contributed by atoms with Crippen LogP contribution in [0.15, 0.2) is 28.7 Å². The Labute approximate surface area is 154 Å². The smallest absolute Gasteiger partial charge is 0.319 e. The van der Waals surface area contributed by atoms with Crippen molar-refractivity contribution in [3.05, 3.63) is 29.3 Å². The van der Waals surface area contributed by atoms with Gasteiger partial charge in [0.1, 0.15) is 4.90 Å². The summed E-state index contributed by atoms with van der Waals surface area (Å²) >= 11 is 0. The fourth-order valence-corrected chi connectivity index (χ4v) is 4.40. The van der Waals surface area contributed by atoms with Crippen molar-refractivity contribution in [3.63, 3.8) is 0 Å². The topological polar surface area (TPSA) is 116 Å². The molecule has 1 aromatic carbocycles. The van der Waals surface area contributed by atoms with Crippen molar-refractivity contribution in [2.75, 3.05) is 11.9 Å². The Hall–Kier alpha value is -2.06. The van der Waals surface area contributed by atoms with Crippen LogP contribution < -0.4 is 10.6 Å². The number of amides is 2. The van der Waals surface area contributed by atoms with Crippen LogP contribution in [0.5, 0.6) is 5.75 Å². The Balaban J connectivity index is 2.32. The summed E-state index contributed by atoms with van der Waals surface area (Å²) in [5.41, 5.74) is 1.41. The van der Waals surface area contributed by atoms with Crippen molar-refractivity contribution in [1.82, 2.24) is 5.32 Å². The maximum absolute atomic E-state index is 12.8. The van der Waals surface area contributed by atoms with Crippen molar-refractivity contribution < 1.29 is 23.4 Å². The first kappa shape index (κ1) is 20.3. The van der Waals surface area contributed by atoms with Gasteiger partial charge in [0.2, 0.25) is 0 Å². The van der Waals surface area contributed by atoms with Crippen molar-refractivity contribution in [2.45, 2.75) is 56.2 Å². The lowest BCUT2D eigenvalue weighted by atomic mass is 10.2. The second kappa shape index (κ2) is 7.28. The number of benzene rings is 1. The summed E-state index contributed by atoms with van der Waals surface area (Å²) in [6.07, 6.45) is 3.75. The van der Waals surface area contributed by atoms with Gasteiger partial charge in [-0.1, -0.05) is 17.7 Å². The minimum Gasteiger partial charge on any atom is -0.504 e. The minimum atomic E-state index is -4.02. The van der Waals surface area contributed by atoms with Gasteiger partial charge in [-0.05, 0) is 52.2 Å². The second-order valence-corrected chi connectivity index (χ2v) is 9.73. The molecule has 1 aromatic rings. The van der Waals surface area contributed by atoms with E-state index in [-0.39, 0.29) is 16.6 Å². The molecule has 0 spiro atoms. The lowest BCUT2D eigenvalue weighted by molar-refractivity contribution is 0.249. The Bertz CT molecular complexity index is 843. The number of aliphatic hydroxyl groups excluding tert-OH is 1. The Morgan fingerprint density at radius 3 is 2.50 bits per heavy atom. The summed E-state index contributed by atoms with van der Waals surface area (Å²) < 4.78 is 24.2. The van der Waals surface area contributed by atoms with Gasteiger partial charge < -0.3 is 20.8 Å². The van der Waals surface area contributed by atoms with Gasteiger partial charge in [0.05, 0.1) is 23.1 Å². The predicted molar refractivity (Wildman–Crippen MR) is 100 cm³/mol. The lowest BCUT2D eigenvalue weighted by Gasteiger charge is -2.24. The maximum atomic E-state index is 12.8. The summed E-state index contributed by atoms with van der Waals surface area (Å²) in [4.78, 5) is 11.9. The number of phenolic OH excluding ortho intramolecular Hbond substituents is 1. The van der Waals surface area contributed by atoms with E-state index < -0.39 is 33.0 Å². The molecule has 0 radical (unpaired) electrons. The van der Waals surface area contributed by atoms with Gasteiger partial charge in [-0.25, -0.2) is 13.2 Å². The molecule has 1 atom stereocenters. The van der Waals surface area contributed by atoms with Crippen molar-refractivity contribution in [2.24, 2.45) is 0 Å². The van der Waals surface area contributed by atoms with E-state index in [2.05, 4.69) is 16.7 Å². The average Bonchev–Trinajstić information content (AvgIpc) is 2.94. The van der Waals surface area contributed by atoms with Gasteiger partial charge in [-0.15, -0.1) is 0 Å². The molecule has 0 aliphatic heterocycles. The first-order chi connectivity index (χ1) is 12.0. The minimum absolute atomic E-state index is 0.0000411. The van der Waals surface area contributed by atoms with E-state index in [0.29, 0.717) is 5.56 Å². The molecule has 0 fully saturated rings. The third-order valence-electron chi connectivity index (χ3n) is 4.73. The monoisotopic (exact) mass is 382 g/mol. The summed E-state index contributed by atoms with van der Waals surface area (Å²) in [7, 11) is -4.02. The van der Waals surface area contributed by atoms with E-state index >= 15 is 0 Å². The van der Waals surface area contributed by atoms with Gasteiger partial charge in [-0.3, -0.25) is 0 Å². The van der Waals surface area contributed by atoms with Crippen LogP contribution in [0.1, 0.15) is 39.2 Å². The van der Waals surface area contributed by atoms with E-state index in [1.807, 2.05) is 6.92 Å². The molecule has 0 saturated heterocycles. The number of carbonyl (C=O) groups is 1. The molecule has 0 heterocycles. The number of sulfone groups is 1. The molecule has 0 aromatic heterocycles. The molecule has 26 heavy (non-hydrogen) atoms. The average molecular weight is 382 g/mol. The van der Waals surface area contributed by atoms with Gasteiger partial charge in [0.15, 0.2) is 15.6 Å². The van der Waals surface area contributed by atoms with Crippen LogP contribution in [0.3, 0.4) is 0 Å². The molecular formula is C18H26N2O5S. The van der Waals surface area contributed by atoms with Crippen LogP contribution in [0.2, 0.25) is 0 Å². The van der Waals surface area contributed by atoms with Crippen LogP contribution in [-0.4, -0.2) is 42.1 Å². The number of nitrogens with one attached hydrogen (secondary N) is 2. The zero-order chi connectivity index (χ0) is 19.7. The number of aromatic hydroxyl groups is 1. The fourth-order valence-electron chi connectivity index (χ4n) is 2.82. The highest BCUT2D eigenvalue weighted by Crippen LogP contribution is 2.38. The molecule has 0 saturated carbocycles. The van der Waals surface area contributed by atoms with E-state index in [4.69, 9.17) is 0 Å². The quantitative estimate of drug-likeness (QED) is 0.461. The summed E-state index contributed by atoms with van der Waals surface area (Å²) in [6, 6.07) is 2.37. The van der Waals surface area contributed by atoms with E-state index in [1.54, 1.807) is 6.92 Å². The molecule has 0 unspecified atom stereocenters. The van der Waals surface area contributed by atoms with Crippen molar-refractivity contribution >= 4 is 21.6 Å². The summed E-state index contributed by atoms with van der Waals surface area (Å²) in [5, 5.41) is 25.2. The standard InChI is InChI=1S/C18H26N2O5S/c1-11-6-5-7-13(11)19-17(23)20-14-9-8-12(2)16(15(14)22)26(24,25)18(3,4)10-21/h6,8-9,13,21-22H,5,7,10H2,1-4H3,(H2,19,20,23)/t13-/m0/s1. The van der Waals surface area contributed by atoms with Gasteiger partial charge in [0, 0.05) is 0 Å². The van der Waals surface area contributed by atoms with Crippen molar-refractivity contribution in [1.29, 1.82) is 0 Å². The number of hydrogen-bond acceptors (Lipinski definition) is 5. The number of carbonyl (C=O) groups excluding carboxylic acids is 1. The largest absolute Gasteiger partial charge is 0.504 e. The molecular weight excluding hydrogens is 356 g/mol. The number of allylic oxidation sites excluding steroid dienone is 1. The SMILES string of the molecule is CC1=CCC[C@@H]1NC(=O)Nc1ccc(C)c(S(=O)(=O)C(C)(C)CO)c1O. The van der Waals surface area contributed by atoms with E-state index in [1.165, 1.54) is 26.0 Å². The number of urea groups is 1. The van der Waals surface area contributed by atoms with E-state index in [9.17, 15) is 23.4 Å². The first-order valence-electron chi connectivity index (χ1n) is 8.43.